The molecule has 1 fully saturated rings. The highest BCUT2D eigenvalue weighted by Gasteiger charge is 2.43. The van der Waals surface area contributed by atoms with Crippen LogP contribution in [0.1, 0.15) is 23.2 Å². The molecule has 1 aromatic carbocycles. The first-order valence-corrected chi connectivity index (χ1v) is 6.50. The van der Waals surface area contributed by atoms with Crippen molar-refractivity contribution in [3.05, 3.63) is 42.1 Å². The van der Waals surface area contributed by atoms with Gasteiger partial charge in [-0.15, -0.1) is 11.6 Å². The van der Waals surface area contributed by atoms with Gasteiger partial charge < -0.3 is 5.32 Å². The van der Waals surface area contributed by atoms with Crippen molar-refractivity contribution < 1.29 is 4.79 Å². The van der Waals surface area contributed by atoms with Crippen molar-refractivity contribution in [2.75, 3.05) is 5.88 Å². The molecular formula is C14H13ClN2O. The number of amides is 1. The molecule has 1 amide bonds. The van der Waals surface area contributed by atoms with Crippen LogP contribution >= 0.6 is 11.6 Å². The molecule has 4 heteroatoms. The number of hydrogen-bond donors (Lipinski definition) is 1. The van der Waals surface area contributed by atoms with E-state index in [0.29, 0.717) is 11.4 Å². The van der Waals surface area contributed by atoms with Crippen LogP contribution in [0.2, 0.25) is 0 Å². The number of rotatable bonds is 3. The molecule has 0 aliphatic heterocycles. The lowest BCUT2D eigenvalue weighted by Crippen LogP contribution is -2.38. The third-order valence-electron chi connectivity index (χ3n) is 3.38. The van der Waals surface area contributed by atoms with E-state index in [2.05, 4.69) is 10.3 Å². The number of carbonyl (C=O) groups excluding carboxylic acids is 1. The van der Waals surface area contributed by atoms with Crippen molar-refractivity contribution >= 4 is 28.4 Å². The number of pyridine rings is 1. The van der Waals surface area contributed by atoms with Crippen LogP contribution in [0.5, 0.6) is 0 Å². The average Bonchev–Trinajstić information content (AvgIpc) is 3.18. The molecule has 1 N–H and O–H groups in total. The molecule has 3 nitrogen and oxygen atoms in total. The lowest BCUT2D eigenvalue weighted by molar-refractivity contribution is 0.0937. The molecule has 1 heterocycles. The number of nitrogens with zero attached hydrogens (tertiary/aromatic N) is 1. The number of hydrogen-bond acceptors (Lipinski definition) is 2. The van der Waals surface area contributed by atoms with E-state index in [0.717, 1.165) is 23.7 Å². The second-order valence-electron chi connectivity index (χ2n) is 4.74. The van der Waals surface area contributed by atoms with Gasteiger partial charge in [0.05, 0.1) is 11.1 Å². The number of halogens is 1. The van der Waals surface area contributed by atoms with E-state index in [1.807, 2.05) is 30.3 Å². The van der Waals surface area contributed by atoms with Gasteiger partial charge in [-0.3, -0.25) is 9.78 Å². The van der Waals surface area contributed by atoms with Gasteiger partial charge in [-0.2, -0.15) is 0 Å². The maximum atomic E-state index is 12.3. The zero-order valence-corrected chi connectivity index (χ0v) is 10.6. The minimum absolute atomic E-state index is 0.0632. The Balaban J connectivity index is 1.96. The Morgan fingerprint density at radius 3 is 2.89 bits per heavy atom. The highest BCUT2D eigenvalue weighted by Crippen LogP contribution is 2.36. The van der Waals surface area contributed by atoms with Gasteiger partial charge in [0.1, 0.15) is 0 Å². The number of alkyl halides is 1. The van der Waals surface area contributed by atoms with Crippen molar-refractivity contribution in [2.45, 2.75) is 18.4 Å². The van der Waals surface area contributed by atoms with Gasteiger partial charge in [0, 0.05) is 23.0 Å². The van der Waals surface area contributed by atoms with Crippen molar-refractivity contribution in [3.8, 4) is 0 Å². The van der Waals surface area contributed by atoms with Crippen molar-refractivity contribution in [1.29, 1.82) is 0 Å². The van der Waals surface area contributed by atoms with Crippen LogP contribution in [0, 0.1) is 0 Å². The van der Waals surface area contributed by atoms with E-state index >= 15 is 0 Å². The van der Waals surface area contributed by atoms with Gasteiger partial charge in [0.2, 0.25) is 0 Å². The quantitative estimate of drug-likeness (QED) is 0.863. The Kier molecular flexibility index (Phi) is 2.71. The lowest BCUT2D eigenvalue weighted by Gasteiger charge is -2.14. The highest BCUT2D eigenvalue weighted by molar-refractivity contribution is 6.19. The number of benzene rings is 1. The molecule has 0 bridgehead atoms. The van der Waals surface area contributed by atoms with Crippen LogP contribution in [0.15, 0.2) is 36.5 Å². The van der Waals surface area contributed by atoms with Crippen LogP contribution in [0.25, 0.3) is 10.9 Å². The van der Waals surface area contributed by atoms with E-state index in [1.165, 1.54) is 0 Å². The van der Waals surface area contributed by atoms with Crippen LogP contribution in [0.4, 0.5) is 0 Å². The van der Waals surface area contributed by atoms with Crippen LogP contribution in [-0.2, 0) is 0 Å². The zero-order chi connectivity index (χ0) is 12.6. The predicted molar refractivity (Wildman–Crippen MR) is 71.9 cm³/mol. The third-order valence-corrected chi connectivity index (χ3v) is 3.89. The first-order chi connectivity index (χ1) is 8.74. The summed E-state index contributed by atoms with van der Waals surface area (Å²) in [5.74, 6) is 0.411. The van der Waals surface area contributed by atoms with E-state index in [1.54, 1.807) is 6.20 Å². The first kappa shape index (κ1) is 11.5. The molecule has 3 rings (SSSR count). The Morgan fingerprint density at radius 1 is 1.33 bits per heavy atom. The summed E-state index contributed by atoms with van der Waals surface area (Å²) in [7, 11) is 0. The minimum Gasteiger partial charge on any atom is -0.345 e. The maximum Gasteiger partial charge on any atom is 0.252 e. The second kappa shape index (κ2) is 4.25. The monoisotopic (exact) mass is 260 g/mol. The SMILES string of the molecule is O=C(NC1(CCl)CC1)c1cccc2ncccc12. The fourth-order valence-electron chi connectivity index (χ4n) is 2.05. The molecule has 1 aliphatic rings. The smallest absolute Gasteiger partial charge is 0.252 e. The highest BCUT2D eigenvalue weighted by atomic mass is 35.5. The third kappa shape index (κ3) is 1.95. The fourth-order valence-corrected chi connectivity index (χ4v) is 2.39. The van der Waals surface area contributed by atoms with Gasteiger partial charge in [0.25, 0.3) is 5.91 Å². The molecule has 92 valence electrons. The van der Waals surface area contributed by atoms with Gasteiger partial charge in [-0.05, 0) is 31.0 Å². The second-order valence-corrected chi connectivity index (χ2v) is 5.01. The average molecular weight is 261 g/mol. The minimum atomic E-state index is -0.178. The summed E-state index contributed by atoms with van der Waals surface area (Å²) in [5, 5.41) is 3.90. The molecule has 0 radical (unpaired) electrons. The first-order valence-electron chi connectivity index (χ1n) is 5.96. The van der Waals surface area contributed by atoms with Crippen LogP contribution in [0.3, 0.4) is 0 Å². The predicted octanol–water partition coefficient (Wildman–Crippen LogP) is 2.74. The Hall–Kier alpha value is -1.61. The van der Waals surface area contributed by atoms with Gasteiger partial charge in [0.15, 0.2) is 0 Å². The Morgan fingerprint density at radius 2 is 2.17 bits per heavy atom. The summed E-state index contributed by atoms with van der Waals surface area (Å²) < 4.78 is 0. The summed E-state index contributed by atoms with van der Waals surface area (Å²) in [4.78, 5) is 16.5. The van der Waals surface area contributed by atoms with E-state index in [9.17, 15) is 4.79 Å². The molecule has 18 heavy (non-hydrogen) atoms. The number of nitrogens with one attached hydrogen (secondary N) is 1. The van der Waals surface area contributed by atoms with Gasteiger partial charge >= 0.3 is 0 Å². The molecule has 0 unspecified atom stereocenters. The molecular weight excluding hydrogens is 248 g/mol. The van der Waals surface area contributed by atoms with Gasteiger partial charge in [-0.25, -0.2) is 0 Å². The molecule has 0 spiro atoms. The standard InChI is InChI=1S/C14H13ClN2O/c15-9-14(6-7-14)17-13(18)11-3-1-5-12-10(11)4-2-8-16-12/h1-5,8H,6-7,9H2,(H,17,18). The largest absolute Gasteiger partial charge is 0.345 e. The van der Waals surface area contributed by atoms with Crippen molar-refractivity contribution in [1.82, 2.24) is 10.3 Å². The van der Waals surface area contributed by atoms with E-state index in [-0.39, 0.29) is 11.4 Å². The number of aromatic nitrogens is 1. The molecule has 0 atom stereocenters. The summed E-state index contributed by atoms with van der Waals surface area (Å²) in [6.45, 7) is 0. The van der Waals surface area contributed by atoms with Crippen molar-refractivity contribution in [3.63, 3.8) is 0 Å². The van der Waals surface area contributed by atoms with E-state index in [4.69, 9.17) is 11.6 Å². The molecule has 0 saturated heterocycles. The number of fused-ring (bicyclic) bond motifs is 1. The summed E-state index contributed by atoms with van der Waals surface area (Å²) in [6.07, 6.45) is 3.65. The van der Waals surface area contributed by atoms with Crippen LogP contribution in [-0.4, -0.2) is 22.3 Å². The molecule has 1 aromatic heterocycles. The summed E-state index contributed by atoms with van der Waals surface area (Å²) in [6, 6.07) is 9.33. The van der Waals surface area contributed by atoms with Crippen molar-refractivity contribution in [2.24, 2.45) is 0 Å². The summed E-state index contributed by atoms with van der Waals surface area (Å²) in [5.41, 5.74) is 1.32. The Bertz CT molecular complexity index is 602. The molecule has 1 saturated carbocycles. The topological polar surface area (TPSA) is 42.0 Å². The Labute approximate surface area is 110 Å². The molecule has 1 aliphatic carbocycles. The fraction of sp³-hybridized carbons (Fsp3) is 0.286. The summed E-state index contributed by atoms with van der Waals surface area (Å²) >= 11 is 5.88. The lowest BCUT2D eigenvalue weighted by atomic mass is 10.1. The molecule has 2 aromatic rings. The zero-order valence-electron chi connectivity index (χ0n) is 9.82. The van der Waals surface area contributed by atoms with Crippen LogP contribution < -0.4 is 5.32 Å². The normalized spacial score (nSPS) is 16.5. The maximum absolute atomic E-state index is 12.3. The van der Waals surface area contributed by atoms with Gasteiger partial charge in [-0.1, -0.05) is 12.1 Å². The van der Waals surface area contributed by atoms with E-state index < -0.39 is 0 Å². The number of carbonyl (C=O) groups is 1.